The minimum absolute atomic E-state index is 0.149. The molecule has 1 aliphatic rings. The second kappa shape index (κ2) is 6.66. The van der Waals surface area contributed by atoms with Gasteiger partial charge in [0.05, 0.1) is 0 Å². The Labute approximate surface area is 145 Å². The number of hydrogen-bond donors (Lipinski definition) is 2. The quantitative estimate of drug-likeness (QED) is 0.797. The van der Waals surface area contributed by atoms with Crippen LogP contribution in [0.1, 0.15) is 11.1 Å². The van der Waals surface area contributed by atoms with E-state index in [0.29, 0.717) is 6.07 Å². The third-order valence-electron chi connectivity index (χ3n) is 3.85. The van der Waals surface area contributed by atoms with Crippen LogP contribution in [0.15, 0.2) is 47.5 Å². The molecule has 26 heavy (non-hydrogen) atoms. The molecule has 136 valence electrons. The fourth-order valence-corrected chi connectivity index (χ4v) is 2.86. The van der Waals surface area contributed by atoms with Crippen molar-refractivity contribution < 1.29 is 27.1 Å². The Morgan fingerprint density at radius 3 is 2.42 bits per heavy atom. The number of halogens is 4. The number of nitrogens with zero attached hydrogens (tertiary/aromatic N) is 1. The fraction of sp³-hybridized carbons (Fsp3) is 0.176. The SMILES string of the molecule is NC1=NC(Cc2cc(F)cc(F)c2)(c2cccc(OC(F)F)c2)C(=O)N1. The summed E-state index contributed by atoms with van der Waals surface area (Å²) in [4.78, 5) is 16.6. The van der Waals surface area contributed by atoms with E-state index in [9.17, 15) is 22.4 Å². The zero-order valence-corrected chi connectivity index (χ0v) is 13.2. The van der Waals surface area contributed by atoms with Crippen molar-refractivity contribution in [2.75, 3.05) is 0 Å². The highest BCUT2D eigenvalue weighted by Crippen LogP contribution is 2.35. The molecular weight excluding hydrogens is 354 g/mol. The summed E-state index contributed by atoms with van der Waals surface area (Å²) < 4.78 is 56.3. The van der Waals surface area contributed by atoms with Crippen LogP contribution in [0.25, 0.3) is 0 Å². The Kier molecular flexibility index (Phi) is 4.54. The van der Waals surface area contributed by atoms with Gasteiger partial charge in [-0.15, -0.1) is 0 Å². The van der Waals surface area contributed by atoms with Gasteiger partial charge in [0.2, 0.25) is 0 Å². The summed E-state index contributed by atoms with van der Waals surface area (Å²) in [7, 11) is 0. The highest BCUT2D eigenvalue weighted by atomic mass is 19.3. The third kappa shape index (κ3) is 3.46. The maximum Gasteiger partial charge on any atom is 0.387 e. The van der Waals surface area contributed by atoms with Crippen molar-refractivity contribution in [2.24, 2.45) is 10.7 Å². The first-order valence-corrected chi connectivity index (χ1v) is 7.45. The summed E-state index contributed by atoms with van der Waals surface area (Å²) in [6, 6.07) is 8.17. The van der Waals surface area contributed by atoms with Crippen molar-refractivity contribution in [3.63, 3.8) is 0 Å². The van der Waals surface area contributed by atoms with Crippen molar-refractivity contribution in [3.05, 3.63) is 65.2 Å². The molecule has 3 rings (SSSR count). The Morgan fingerprint density at radius 1 is 1.15 bits per heavy atom. The van der Waals surface area contributed by atoms with Crippen LogP contribution >= 0.6 is 0 Å². The van der Waals surface area contributed by atoms with Gasteiger partial charge in [-0.3, -0.25) is 10.1 Å². The second-order valence-electron chi connectivity index (χ2n) is 5.67. The van der Waals surface area contributed by atoms with E-state index < -0.39 is 29.7 Å². The summed E-state index contributed by atoms with van der Waals surface area (Å²) >= 11 is 0. The third-order valence-corrected chi connectivity index (χ3v) is 3.85. The monoisotopic (exact) mass is 367 g/mol. The molecule has 1 unspecified atom stereocenters. The lowest BCUT2D eigenvalue weighted by molar-refractivity contribution is -0.124. The number of rotatable bonds is 5. The number of nitrogens with one attached hydrogen (secondary N) is 1. The van der Waals surface area contributed by atoms with Crippen molar-refractivity contribution in [1.29, 1.82) is 0 Å². The molecule has 1 aliphatic heterocycles. The van der Waals surface area contributed by atoms with E-state index >= 15 is 0 Å². The molecule has 0 saturated carbocycles. The highest BCUT2D eigenvalue weighted by Gasteiger charge is 2.45. The van der Waals surface area contributed by atoms with Gasteiger partial charge in [0, 0.05) is 12.5 Å². The molecule has 9 heteroatoms. The van der Waals surface area contributed by atoms with Crippen molar-refractivity contribution in [3.8, 4) is 5.75 Å². The van der Waals surface area contributed by atoms with E-state index in [0.717, 1.165) is 12.1 Å². The summed E-state index contributed by atoms with van der Waals surface area (Å²) in [5.74, 6) is -2.66. The van der Waals surface area contributed by atoms with Crippen LogP contribution in [0.4, 0.5) is 17.6 Å². The molecule has 3 N–H and O–H groups in total. The number of alkyl halides is 2. The molecule has 0 saturated heterocycles. The van der Waals surface area contributed by atoms with Gasteiger partial charge in [-0.25, -0.2) is 13.8 Å². The number of benzene rings is 2. The summed E-state index contributed by atoms with van der Waals surface area (Å²) in [6.45, 7) is -3.05. The van der Waals surface area contributed by atoms with Crippen molar-refractivity contribution in [1.82, 2.24) is 5.32 Å². The highest BCUT2D eigenvalue weighted by molar-refractivity contribution is 6.07. The second-order valence-corrected chi connectivity index (χ2v) is 5.67. The molecule has 2 aromatic carbocycles. The first-order valence-electron chi connectivity index (χ1n) is 7.45. The molecule has 1 atom stereocenters. The largest absolute Gasteiger partial charge is 0.435 e. The summed E-state index contributed by atoms with van der Waals surface area (Å²) in [5, 5.41) is 2.33. The molecule has 0 spiro atoms. The Hall–Kier alpha value is -3.10. The summed E-state index contributed by atoms with van der Waals surface area (Å²) in [5.41, 5.74) is 4.27. The maximum atomic E-state index is 13.5. The minimum atomic E-state index is -3.05. The van der Waals surface area contributed by atoms with Gasteiger partial charge in [0.15, 0.2) is 11.5 Å². The number of carbonyl (C=O) groups is 1. The van der Waals surface area contributed by atoms with Crippen LogP contribution in [0.2, 0.25) is 0 Å². The number of amides is 1. The van der Waals surface area contributed by atoms with E-state index in [2.05, 4.69) is 15.0 Å². The standard InChI is InChI=1S/C17H13F4N3O2/c18-11-4-9(5-12(19)7-11)8-17(14(25)23-16(22)24-17)10-2-1-3-13(6-10)26-15(20)21/h1-7,15H,8H2,(H3,22,23,24,25). The minimum Gasteiger partial charge on any atom is -0.435 e. The Balaban J connectivity index is 2.07. The van der Waals surface area contributed by atoms with Gasteiger partial charge < -0.3 is 10.5 Å². The van der Waals surface area contributed by atoms with Crippen LogP contribution in [0, 0.1) is 11.6 Å². The number of carbonyl (C=O) groups excluding carboxylic acids is 1. The van der Waals surface area contributed by atoms with Gasteiger partial charge in [-0.05, 0) is 35.4 Å². The molecule has 2 aromatic rings. The lowest BCUT2D eigenvalue weighted by atomic mass is 9.84. The molecule has 0 bridgehead atoms. The molecule has 1 amide bonds. The maximum absolute atomic E-state index is 13.5. The van der Waals surface area contributed by atoms with Crippen LogP contribution in [0.3, 0.4) is 0 Å². The molecule has 0 fully saturated rings. The zero-order chi connectivity index (χ0) is 18.9. The number of guanidine groups is 1. The van der Waals surface area contributed by atoms with Gasteiger partial charge in [-0.2, -0.15) is 8.78 Å². The van der Waals surface area contributed by atoms with Gasteiger partial charge >= 0.3 is 6.61 Å². The number of hydrogen-bond acceptors (Lipinski definition) is 4. The number of nitrogens with two attached hydrogens (primary N) is 1. The van der Waals surface area contributed by atoms with Crippen LogP contribution < -0.4 is 15.8 Å². The molecule has 0 aliphatic carbocycles. The van der Waals surface area contributed by atoms with E-state index in [1.807, 2.05) is 0 Å². The van der Waals surface area contributed by atoms with E-state index in [1.54, 1.807) is 0 Å². The lowest BCUT2D eigenvalue weighted by Gasteiger charge is -2.24. The van der Waals surface area contributed by atoms with Crippen molar-refractivity contribution >= 4 is 11.9 Å². The Bertz CT molecular complexity index is 868. The molecule has 0 aromatic heterocycles. The summed E-state index contributed by atoms with van der Waals surface area (Å²) in [6.07, 6.45) is -0.230. The average Bonchev–Trinajstić information content (AvgIpc) is 2.80. The first kappa shape index (κ1) is 17.7. The predicted octanol–water partition coefficient (Wildman–Crippen LogP) is 2.45. The first-order chi connectivity index (χ1) is 12.3. The Morgan fingerprint density at radius 2 is 1.85 bits per heavy atom. The van der Waals surface area contributed by atoms with Crippen LogP contribution in [0.5, 0.6) is 5.75 Å². The zero-order valence-electron chi connectivity index (χ0n) is 13.2. The normalized spacial score (nSPS) is 19.4. The predicted molar refractivity (Wildman–Crippen MR) is 84.6 cm³/mol. The van der Waals surface area contributed by atoms with Gasteiger partial charge in [0.1, 0.15) is 17.4 Å². The fourth-order valence-electron chi connectivity index (χ4n) is 2.86. The molecule has 1 heterocycles. The van der Waals surface area contributed by atoms with E-state index in [1.165, 1.54) is 24.3 Å². The molecule has 5 nitrogen and oxygen atoms in total. The van der Waals surface area contributed by atoms with Gasteiger partial charge in [0.25, 0.3) is 5.91 Å². The topological polar surface area (TPSA) is 76.7 Å². The smallest absolute Gasteiger partial charge is 0.387 e. The van der Waals surface area contributed by atoms with E-state index in [-0.39, 0.29) is 29.3 Å². The molecular formula is C17H13F4N3O2. The average molecular weight is 367 g/mol. The lowest BCUT2D eigenvalue weighted by Crippen LogP contribution is -2.40. The van der Waals surface area contributed by atoms with Crippen molar-refractivity contribution in [2.45, 2.75) is 18.6 Å². The van der Waals surface area contributed by atoms with Gasteiger partial charge in [-0.1, -0.05) is 12.1 Å². The van der Waals surface area contributed by atoms with Crippen LogP contribution in [-0.2, 0) is 16.8 Å². The number of ether oxygens (including phenoxy) is 1. The number of aliphatic imine (C=N–C) groups is 1. The van der Waals surface area contributed by atoms with E-state index in [4.69, 9.17) is 5.73 Å². The van der Waals surface area contributed by atoms with Crippen LogP contribution in [-0.4, -0.2) is 18.5 Å². The molecule has 0 radical (unpaired) electrons.